The summed E-state index contributed by atoms with van der Waals surface area (Å²) in [6.07, 6.45) is 4.11. The Labute approximate surface area is 206 Å². The second-order valence-corrected chi connectivity index (χ2v) is 11.3. The molecule has 0 amide bonds. The molecule has 2 aromatic rings. The van der Waals surface area contributed by atoms with Crippen LogP contribution in [0.5, 0.6) is 5.75 Å². The van der Waals surface area contributed by atoms with Gasteiger partial charge in [-0.1, -0.05) is 68.2 Å². The van der Waals surface area contributed by atoms with Gasteiger partial charge in [0.15, 0.2) is 5.78 Å². The molecule has 1 N–H and O–H groups in total. The second-order valence-electron chi connectivity index (χ2n) is 10.9. The van der Waals surface area contributed by atoms with E-state index in [-0.39, 0.29) is 41.4 Å². The lowest BCUT2D eigenvalue weighted by atomic mass is 9.78. The first-order valence-electron chi connectivity index (χ1n) is 11.7. The number of nitrogens with zero attached hydrogens (tertiary/aromatic N) is 3. The molecule has 1 aromatic carbocycles. The van der Waals surface area contributed by atoms with Gasteiger partial charge in [-0.25, -0.2) is 4.39 Å². The summed E-state index contributed by atoms with van der Waals surface area (Å²) in [5.41, 5.74) is 1.89. The summed E-state index contributed by atoms with van der Waals surface area (Å²) in [6.45, 7) is 16.4. The van der Waals surface area contributed by atoms with Crippen LogP contribution in [0.15, 0.2) is 28.5 Å². The molecule has 0 fully saturated rings. The van der Waals surface area contributed by atoms with E-state index in [0.717, 1.165) is 24.0 Å². The number of carbonyl (C=O) groups is 1. The second kappa shape index (κ2) is 10.6. The number of hydrogen-bond acceptors (Lipinski definition) is 3. The van der Waals surface area contributed by atoms with Crippen LogP contribution in [0.1, 0.15) is 89.7 Å². The Kier molecular flexibility index (Phi) is 8.77. The van der Waals surface area contributed by atoms with Crippen LogP contribution in [0.3, 0.4) is 0 Å². The van der Waals surface area contributed by atoms with E-state index in [1.54, 1.807) is 33.7 Å². The van der Waals surface area contributed by atoms with Gasteiger partial charge < -0.3 is 14.2 Å². The fourth-order valence-corrected chi connectivity index (χ4v) is 4.55. The molecule has 0 saturated carbocycles. The minimum atomic E-state index is -0.981. The number of alkyl halides is 1. The van der Waals surface area contributed by atoms with E-state index in [4.69, 9.17) is 0 Å². The summed E-state index contributed by atoms with van der Waals surface area (Å²) in [7, 11) is 0. The predicted octanol–water partition coefficient (Wildman–Crippen LogP) is 6.46. The maximum absolute atomic E-state index is 14.8. The zero-order valence-electron chi connectivity index (χ0n) is 21.2. The minimum absolute atomic E-state index is 0.00529. The molecule has 0 bridgehead atoms. The topological polar surface area (TPSA) is 59.5 Å². The van der Waals surface area contributed by atoms with Crippen molar-refractivity contribution in [2.24, 2.45) is 9.94 Å². The van der Waals surface area contributed by atoms with E-state index in [2.05, 4.69) is 20.2 Å². The number of benzene rings is 1. The molecule has 1 heterocycles. The number of rotatable bonds is 8. The average molecular weight is 525 g/mol. The van der Waals surface area contributed by atoms with E-state index < -0.39 is 6.17 Å². The Morgan fingerprint density at radius 2 is 1.52 bits per heavy atom. The zero-order chi connectivity index (χ0) is 25.1. The molecule has 2 rings (SSSR count). The van der Waals surface area contributed by atoms with Crippen LogP contribution in [0, 0.1) is 5.92 Å². The van der Waals surface area contributed by atoms with Gasteiger partial charge in [-0.05, 0) is 28.9 Å². The third kappa shape index (κ3) is 6.37. The predicted molar refractivity (Wildman–Crippen MR) is 136 cm³/mol. The molecule has 0 aliphatic rings. The van der Waals surface area contributed by atoms with E-state index in [1.807, 2.05) is 55.4 Å². The highest BCUT2D eigenvalue weighted by Crippen LogP contribution is 2.39. The Morgan fingerprint density at radius 3 is 1.94 bits per heavy atom. The van der Waals surface area contributed by atoms with Crippen molar-refractivity contribution < 1.29 is 14.3 Å². The van der Waals surface area contributed by atoms with Crippen LogP contribution < -0.4 is 5.62 Å². The smallest absolute Gasteiger partial charge is 0.217 e. The van der Waals surface area contributed by atoms with Crippen molar-refractivity contribution in [3.63, 3.8) is 0 Å². The fourth-order valence-electron chi connectivity index (χ4n) is 4.14. The zero-order valence-corrected chi connectivity index (χ0v) is 22.8. The number of carbonyl (C=O) groups excluding carboxylic acids is 1. The molecule has 33 heavy (non-hydrogen) atoms. The lowest BCUT2D eigenvalue weighted by Gasteiger charge is -2.28. The van der Waals surface area contributed by atoms with Crippen molar-refractivity contribution in [2.45, 2.75) is 98.3 Å². The Morgan fingerprint density at radius 1 is 1.03 bits per heavy atom. The quantitative estimate of drug-likeness (QED) is 0.403. The summed E-state index contributed by atoms with van der Waals surface area (Å²) in [6, 6.07) is 3.58. The third-order valence-electron chi connectivity index (χ3n) is 6.31. The van der Waals surface area contributed by atoms with Crippen molar-refractivity contribution in [1.82, 2.24) is 9.13 Å². The largest absolute Gasteiger partial charge is 0.507 e. The molecule has 0 spiro atoms. The van der Waals surface area contributed by atoms with E-state index in [0.29, 0.717) is 11.2 Å². The summed E-state index contributed by atoms with van der Waals surface area (Å²) >= 11 is 3.15. The first-order valence-corrected chi connectivity index (χ1v) is 12.4. The third-order valence-corrected chi connectivity index (χ3v) is 6.63. The van der Waals surface area contributed by atoms with Crippen LogP contribution in [-0.2, 0) is 23.9 Å². The highest BCUT2D eigenvalue weighted by atomic mass is 79.9. The SMILES string of the molecule is CCC(CC)C(F)Cn1ccn(CC(=O)c2cc(C(C)(C)C)c(O)c(C(C)(C)C)c2)/c1=N\Br. The van der Waals surface area contributed by atoms with Gasteiger partial charge in [-0.2, -0.15) is 4.02 Å². The minimum Gasteiger partial charge on any atom is -0.507 e. The van der Waals surface area contributed by atoms with E-state index in [9.17, 15) is 14.3 Å². The van der Waals surface area contributed by atoms with Gasteiger partial charge in [0.25, 0.3) is 0 Å². The molecule has 5 nitrogen and oxygen atoms in total. The highest BCUT2D eigenvalue weighted by molar-refractivity contribution is 9.08. The van der Waals surface area contributed by atoms with Crippen molar-refractivity contribution in [3.05, 3.63) is 46.8 Å². The number of Topliss-reactive ketones (excluding diaryl/α,β-unsaturated/α-hetero) is 1. The lowest BCUT2D eigenvalue weighted by molar-refractivity contribution is 0.0970. The molecule has 0 radical (unpaired) electrons. The lowest BCUT2D eigenvalue weighted by Crippen LogP contribution is -2.32. The molecule has 1 aromatic heterocycles. The van der Waals surface area contributed by atoms with Crippen LogP contribution in [-0.4, -0.2) is 26.2 Å². The standard InChI is InChI=1S/C26H39BrFN3O2/c1-9-17(10-2)21(28)15-30-11-12-31(24(30)29-27)16-22(32)18-13-19(25(3,4)5)23(33)20(14-18)26(6,7)8/h11-14,17,21,33H,9-10,15-16H2,1-8H3/b29-24-. The maximum atomic E-state index is 14.8. The summed E-state index contributed by atoms with van der Waals surface area (Å²) < 4.78 is 22.4. The molecule has 1 atom stereocenters. The average Bonchev–Trinajstić information content (AvgIpc) is 3.08. The van der Waals surface area contributed by atoms with Gasteiger partial charge in [-0.3, -0.25) is 4.79 Å². The Balaban J connectivity index is 2.42. The van der Waals surface area contributed by atoms with Gasteiger partial charge >= 0.3 is 0 Å². The first kappa shape index (κ1) is 27.4. The first-order chi connectivity index (χ1) is 15.2. The number of aromatic nitrogens is 2. The molecular weight excluding hydrogens is 485 g/mol. The van der Waals surface area contributed by atoms with Gasteiger partial charge in [-0.15, -0.1) is 0 Å². The van der Waals surface area contributed by atoms with Crippen LogP contribution >= 0.6 is 16.1 Å². The molecule has 184 valence electrons. The molecule has 7 heteroatoms. The highest BCUT2D eigenvalue weighted by Gasteiger charge is 2.28. The molecular formula is C26H39BrFN3O2. The molecule has 0 aliphatic heterocycles. The van der Waals surface area contributed by atoms with E-state index in [1.165, 1.54) is 0 Å². The number of phenols is 1. The van der Waals surface area contributed by atoms with Gasteiger partial charge in [0.2, 0.25) is 5.62 Å². The summed E-state index contributed by atoms with van der Waals surface area (Å²) in [5, 5.41) is 10.9. The van der Waals surface area contributed by atoms with E-state index >= 15 is 0 Å². The van der Waals surface area contributed by atoms with Crippen LogP contribution in [0.4, 0.5) is 4.39 Å². The van der Waals surface area contributed by atoms with Crippen molar-refractivity contribution in [2.75, 3.05) is 0 Å². The molecule has 1 unspecified atom stereocenters. The number of hydrogen-bond donors (Lipinski definition) is 1. The maximum Gasteiger partial charge on any atom is 0.217 e. The molecule has 0 aliphatic carbocycles. The summed E-state index contributed by atoms with van der Waals surface area (Å²) in [5.74, 6) is 0.147. The number of halogens is 2. The monoisotopic (exact) mass is 523 g/mol. The van der Waals surface area contributed by atoms with Crippen molar-refractivity contribution >= 4 is 21.9 Å². The number of imidazole rings is 1. The van der Waals surface area contributed by atoms with Gasteiger partial charge in [0.1, 0.15) is 11.9 Å². The number of phenolic OH excluding ortho intramolecular Hbond substituents is 1. The number of aromatic hydroxyl groups is 1. The van der Waals surface area contributed by atoms with Crippen LogP contribution in [0.2, 0.25) is 0 Å². The Hall–Kier alpha value is -1.89. The van der Waals surface area contributed by atoms with Crippen molar-refractivity contribution in [1.29, 1.82) is 0 Å². The summed E-state index contributed by atoms with van der Waals surface area (Å²) in [4.78, 5) is 13.3. The molecule has 0 saturated heterocycles. The fraction of sp³-hybridized carbons (Fsp3) is 0.615. The Bertz CT molecular complexity index is 1000. The normalized spacial score (nSPS) is 14.2. The van der Waals surface area contributed by atoms with Gasteiger partial charge in [0, 0.05) is 29.1 Å². The van der Waals surface area contributed by atoms with Crippen LogP contribution in [0.25, 0.3) is 0 Å². The number of ketones is 1. The van der Waals surface area contributed by atoms with Crippen molar-refractivity contribution in [3.8, 4) is 5.75 Å². The van der Waals surface area contributed by atoms with Gasteiger partial charge in [0.05, 0.1) is 29.2 Å².